The second-order valence-corrected chi connectivity index (χ2v) is 11.7. The van der Waals surface area contributed by atoms with Crippen LogP contribution in [0.4, 0.5) is 21.0 Å². The number of hydrogen-bond acceptors (Lipinski definition) is 10. The standard InChI is InChI=1S/C40H50N8O8/c1-7-41-35(47(9-3)39(53)43-25-33(49)55-11-5)27-17-21-31(22-18-27)45-37(51)29-13-15-30(16-14-29)38(52)46-32-23-19-28(20-24-32)36(42-8-2)48(10-4)40(54)44-26-34(50)56-12-6/h13-24H,7-12,25-26H2,1-6H3,(H,43,53)(H,44,54)(H,45,51)(H,46,52). The van der Waals surface area contributed by atoms with Crippen LogP contribution in [-0.2, 0) is 19.1 Å². The van der Waals surface area contributed by atoms with Gasteiger partial charge in [0.25, 0.3) is 11.8 Å². The van der Waals surface area contributed by atoms with Gasteiger partial charge in [0.1, 0.15) is 24.8 Å². The molecule has 6 amide bonds. The number of aliphatic imine (C=N–C) groups is 2. The molecule has 0 unspecified atom stereocenters. The number of amidine groups is 2. The molecule has 0 aliphatic heterocycles. The summed E-state index contributed by atoms with van der Waals surface area (Å²) in [5.41, 5.74) is 2.93. The van der Waals surface area contributed by atoms with Gasteiger partial charge in [0.05, 0.1) is 13.2 Å². The van der Waals surface area contributed by atoms with E-state index in [1.807, 2.05) is 13.8 Å². The minimum absolute atomic E-state index is 0.210. The van der Waals surface area contributed by atoms with Crippen LogP contribution in [0.5, 0.6) is 0 Å². The zero-order valence-electron chi connectivity index (χ0n) is 32.6. The number of carbonyl (C=O) groups is 6. The lowest BCUT2D eigenvalue weighted by atomic mass is 10.1. The van der Waals surface area contributed by atoms with Gasteiger partial charge >= 0.3 is 24.0 Å². The Bertz CT molecular complexity index is 1740. The third-order valence-electron chi connectivity index (χ3n) is 7.84. The zero-order chi connectivity index (χ0) is 41.0. The lowest BCUT2D eigenvalue weighted by Gasteiger charge is -2.23. The SMILES string of the molecule is CCN=C(c1ccc(NC(=O)c2ccc(C(=O)Nc3ccc(C(=NCC)N(CC)C(=O)NCC(=O)OCC)cc3)cc2)cc1)N(CC)C(=O)NCC(=O)OCC. The second kappa shape index (κ2) is 22.6. The van der Waals surface area contributed by atoms with Crippen LogP contribution >= 0.6 is 0 Å². The van der Waals surface area contributed by atoms with E-state index in [-0.39, 0.29) is 26.3 Å². The highest BCUT2D eigenvalue weighted by Crippen LogP contribution is 2.17. The summed E-state index contributed by atoms with van der Waals surface area (Å²) in [4.78, 5) is 87.2. The number of anilines is 2. The van der Waals surface area contributed by atoms with E-state index in [9.17, 15) is 28.8 Å². The molecule has 0 radical (unpaired) electrons. The van der Waals surface area contributed by atoms with Crippen molar-refractivity contribution in [1.82, 2.24) is 20.4 Å². The molecule has 3 rings (SSSR count). The molecule has 0 aliphatic carbocycles. The minimum atomic E-state index is -0.542. The molecule has 16 heteroatoms. The molecule has 0 fully saturated rings. The van der Waals surface area contributed by atoms with Gasteiger partial charge in [0.2, 0.25) is 0 Å². The van der Waals surface area contributed by atoms with Crippen LogP contribution in [0.2, 0.25) is 0 Å². The molecule has 0 bridgehead atoms. The highest BCUT2D eigenvalue weighted by molar-refractivity contribution is 6.10. The predicted molar refractivity (Wildman–Crippen MR) is 214 cm³/mol. The summed E-state index contributed by atoms with van der Waals surface area (Å²) in [6.45, 7) is 11.9. The molecule has 0 aliphatic rings. The Kier molecular flexibility index (Phi) is 17.7. The minimum Gasteiger partial charge on any atom is -0.465 e. The third kappa shape index (κ3) is 12.8. The van der Waals surface area contributed by atoms with Crippen LogP contribution in [0.15, 0.2) is 82.8 Å². The van der Waals surface area contributed by atoms with Gasteiger partial charge in [0.15, 0.2) is 0 Å². The normalized spacial score (nSPS) is 11.2. The molecule has 4 N–H and O–H groups in total. The van der Waals surface area contributed by atoms with Gasteiger partial charge in [0, 0.05) is 59.8 Å². The highest BCUT2D eigenvalue weighted by atomic mass is 16.5. The van der Waals surface area contributed by atoms with Crippen molar-refractivity contribution in [3.63, 3.8) is 0 Å². The molecule has 56 heavy (non-hydrogen) atoms. The van der Waals surface area contributed by atoms with Gasteiger partial charge < -0.3 is 30.7 Å². The number of amides is 6. The summed E-state index contributed by atoms with van der Waals surface area (Å²) >= 11 is 0. The third-order valence-corrected chi connectivity index (χ3v) is 7.84. The Hall–Kier alpha value is -6.58. The molecule has 0 saturated carbocycles. The zero-order valence-corrected chi connectivity index (χ0v) is 32.6. The number of urea groups is 2. The molecule has 0 saturated heterocycles. The fourth-order valence-corrected chi connectivity index (χ4v) is 5.24. The maximum Gasteiger partial charge on any atom is 0.325 e. The number of nitrogens with one attached hydrogen (secondary N) is 4. The van der Waals surface area contributed by atoms with E-state index in [0.717, 1.165) is 0 Å². The first-order chi connectivity index (χ1) is 27.0. The molecule has 16 nitrogen and oxygen atoms in total. The van der Waals surface area contributed by atoms with Crippen molar-refractivity contribution >= 4 is 58.9 Å². The van der Waals surface area contributed by atoms with E-state index in [4.69, 9.17) is 9.47 Å². The van der Waals surface area contributed by atoms with E-state index in [1.165, 1.54) is 9.80 Å². The molecule has 0 atom stereocenters. The van der Waals surface area contributed by atoms with Crippen molar-refractivity contribution < 1.29 is 38.2 Å². The number of esters is 2. The van der Waals surface area contributed by atoms with Gasteiger partial charge in [-0.25, -0.2) is 9.59 Å². The second-order valence-electron chi connectivity index (χ2n) is 11.7. The lowest BCUT2D eigenvalue weighted by Crippen LogP contribution is -2.46. The molecule has 3 aromatic rings. The Morgan fingerprint density at radius 1 is 0.500 bits per heavy atom. The molecule has 0 spiro atoms. The van der Waals surface area contributed by atoms with Crippen molar-refractivity contribution in [3.05, 3.63) is 95.1 Å². The largest absolute Gasteiger partial charge is 0.465 e. The van der Waals surface area contributed by atoms with Crippen LogP contribution < -0.4 is 21.3 Å². The Morgan fingerprint density at radius 2 is 0.821 bits per heavy atom. The van der Waals surface area contributed by atoms with Crippen LogP contribution in [0.1, 0.15) is 73.4 Å². The molecule has 3 aromatic carbocycles. The summed E-state index contributed by atoms with van der Waals surface area (Å²) in [5.74, 6) is -1.05. The summed E-state index contributed by atoms with van der Waals surface area (Å²) in [7, 11) is 0. The van der Waals surface area contributed by atoms with Gasteiger partial charge in [-0.2, -0.15) is 0 Å². The van der Waals surface area contributed by atoms with Crippen LogP contribution in [0.3, 0.4) is 0 Å². The van der Waals surface area contributed by atoms with Crippen molar-refractivity contribution in [2.24, 2.45) is 9.98 Å². The van der Waals surface area contributed by atoms with Gasteiger partial charge in [-0.15, -0.1) is 0 Å². The van der Waals surface area contributed by atoms with E-state index in [2.05, 4.69) is 31.3 Å². The molecule has 0 heterocycles. The van der Waals surface area contributed by atoms with Crippen LogP contribution in [0.25, 0.3) is 0 Å². The first-order valence-electron chi connectivity index (χ1n) is 18.4. The summed E-state index contributed by atoms with van der Waals surface area (Å²) < 4.78 is 9.76. The Morgan fingerprint density at radius 3 is 1.11 bits per heavy atom. The monoisotopic (exact) mass is 770 g/mol. The number of ether oxygens (including phenoxy) is 2. The Balaban J connectivity index is 1.63. The number of nitrogens with zero attached hydrogens (tertiary/aromatic N) is 4. The van der Waals surface area contributed by atoms with E-state index < -0.39 is 35.8 Å². The number of hydrogen-bond donors (Lipinski definition) is 4. The van der Waals surface area contributed by atoms with E-state index in [0.29, 0.717) is 71.5 Å². The molecular formula is C40H50N8O8. The maximum atomic E-state index is 13.1. The highest BCUT2D eigenvalue weighted by Gasteiger charge is 2.22. The van der Waals surface area contributed by atoms with Crippen LogP contribution in [0, 0.1) is 0 Å². The first-order valence-corrected chi connectivity index (χ1v) is 18.4. The van der Waals surface area contributed by atoms with Crippen LogP contribution in [-0.4, -0.2) is 110 Å². The number of benzene rings is 3. The molecule has 0 aromatic heterocycles. The van der Waals surface area contributed by atoms with Gasteiger partial charge in [-0.05, 0) is 114 Å². The smallest absolute Gasteiger partial charge is 0.325 e. The van der Waals surface area contributed by atoms with Crippen molar-refractivity contribution in [2.45, 2.75) is 41.5 Å². The number of carbonyl (C=O) groups excluding carboxylic acids is 6. The first kappa shape index (κ1) is 43.8. The average molecular weight is 771 g/mol. The predicted octanol–water partition coefficient (Wildman–Crippen LogP) is 4.91. The summed E-state index contributed by atoms with van der Waals surface area (Å²) in [6.07, 6.45) is 0. The fourth-order valence-electron chi connectivity index (χ4n) is 5.24. The summed E-state index contributed by atoms with van der Waals surface area (Å²) in [6, 6.07) is 18.9. The van der Waals surface area contributed by atoms with Gasteiger partial charge in [-0.1, -0.05) is 0 Å². The quantitative estimate of drug-likeness (QED) is 0.0894. The topological polar surface area (TPSA) is 200 Å². The Labute approximate surface area is 326 Å². The van der Waals surface area contributed by atoms with E-state index in [1.54, 1.807) is 100 Å². The fraction of sp³-hybridized carbons (Fsp3) is 0.350. The molecule has 298 valence electrons. The van der Waals surface area contributed by atoms with Crippen molar-refractivity contribution in [3.8, 4) is 0 Å². The maximum absolute atomic E-state index is 13.1. The lowest BCUT2D eigenvalue weighted by molar-refractivity contribution is -0.142. The van der Waals surface area contributed by atoms with Crippen molar-refractivity contribution in [2.75, 3.05) is 63.1 Å². The molecular weight excluding hydrogens is 720 g/mol. The summed E-state index contributed by atoms with van der Waals surface area (Å²) in [5, 5.41) is 10.8. The van der Waals surface area contributed by atoms with Crippen molar-refractivity contribution in [1.29, 1.82) is 0 Å². The number of rotatable bonds is 16. The van der Waals surface area contributed by atoms with E-state index >= 15 is 0 Å². The van der Waals surface area contributed by atoms with Gasteiger partial charge in [-0.3, -0.25) is 39.0 Å². The average Bonchev–Trinajstić information content (AvgIpc) is 3.20.